The van der Waals surface area contributed by atoms with Gasteiger partial charge in [0, 0.05) is 40.1 Å². The Hall–Kier alpha value is -2.00. The first-order valence-electron chi connectivity index (χ1n) is 18.6. The SMILES string of the molecule is C=C(C)C(=O)NC(C)(C)CS(=O)(=O)O.O=C(CCS)OCC(COCC(COC(=O)CCS)(COC(=O)CCS)COC(=O)CCS)(COC(=O)CCS)COC(=O)CCS. The quantitative estimate of drug-likeness (QED) is 0.0159. The van der Waals surface area contributed by atoms with Crippen molar-refractivity contribution in [3.63, 3.8) is 0 Å². The van der Waals surface area contributed by atoms with Crippen LogP contribution in [0, 0.1) is 10.8 Å². The summed E-state index contributed by atoms with van der Waals surface area (Å²) in [5, 5.41) is 2.43. The molecule has 0 rings (SSSR count). The number of ether oxygens (including phenoxy) is 7. The predicted molar refractivity (Wildman–Crippen MR) is 246 cm³/mol. The molecule has 0 saturated heterocycles. The van der Waals surface area contributed by atoms with Gasteiger partial charge < -0.3 is 38.5 Å². The van der Waals surface area contributed by atoms with Crippen LogP contribution in [0.1, 0.15) is 59.3 Å². The number of hydrogen-bond donors (Lipinski definition) is 8. The molecule has 0 aliphatic carbocycles. The van der Waals surface area contributed by atoms with E-state index in [1.54, 1.807) is 0 Å². The molecule has 354 valence electrons. The van der Waals surface area contributed by atoms with Crippen molar-refractivity contribution < 1.29 is 79.7 Å². The molecule has 0 unspecified atom stereocenters. The Balaban J connectivity index is 0. The minimum absolute atomic E-state index is 0.0189. The highest BCUT2D eigenvalue weighted by molar-refractivity contribution is 7.85. The van der Waals surface area contributed by atoms with Crippen molar-refractivity contribution in [3.8, 4) is 0 Å². The van der Waals surface area contributed by atoms with E-state index in [1.165, 1.54) is 20.8 Å². The molecule has 0 aliphatic rings. The van der Waals surface area contributed by atoms with E-state index in [0.29, 0.717) is 0 Å². The van der Waals surface area contributed by atoms with E-state index in [1.807, 2.05) is 0 Å². The molecular formula is C36H61NO17S7. The molecule has 25 heteroatoms. The lowest BCUT2D eigenvalue weighted by atomic mass is 9.90. The van der Waals surface area contributed by atoms with Crippen LogP contribution < -0.4 is 5.32 Å². The maximum atomic E-state index is 12.3. The van der Waals surface area contributed by atoms with E-state index < -0.39 is 74.0 Å². The monoisotopic (exact) mass is 1000 g/mol. The summed E-state index contributed by atoms with van der Waals surface area (Å²) in [4.78, 5) is 85.0. The van der Waals surface area contributed by atoms with Crippen LogP contribution >= 0.6 is 75.8 Å². The lowest BCUT2D eigenvalue weighted by Gasteiger charge is -2.35. The summed E-state index contributed by atoms with van der Waals surface area (Å²) in [6.07, 6.45) is -0.113. The molecule has 0 spiro atoms. The fourth-order valence-corrected chi connectivity index (χ4v) is 6.35. The fourth-order valence-electron chi connectivity index (χ4n) is 4.27. The Labute approximate surface area is 391 Å². The van der Waals surface area contributed by atoms with Crippen molar-refractivity contribution in [1.82, 2.24) is 5.32 Å². The molecule has 0 heterocycles. The topological polar surface area (TPSA) is 250 Å². The van der Waals surface area contributed by atoms with E-state index in [0.717, 1.165) is 0 Å². The third-order valence-corrected chi connectivity index (χ3v) is 9.76. The Morgan fingerprint density at radius 1 is 0.508 bits per heavy atom. The maximum absolute atomic E-state index is 12.3. The molecule has 18 nitrogen and oxygen atoms in total. The van der Waals surface area contributed by atoms with Gasteiger partial charge in [-0.1, -0.05) is 6.58 Å². The molecule has 0 saturated carbocycles. The van der Waals surface area contributed by atoms with Gasteiger partial charge >= 0.3 is 35.8 Å². The number of amides is 1. The third-order valence-electron chi connectivity index (χ3n) is 7.33. The number of carbonyl (C=O) groups excluding carboxylic acids is 7. The second-order valence-corrected chi connectivity index (χ2v) is 18.3. The number of hydrogen-bond acceptors (Lipinski definition) is 22. The number of rotatable bonds is 32. The molecule has 2 N–H and O–H groups in total. The second-order valence-electron chi connectivity index (χ2n) is 14.1. The van der Waals surface area contributed by atoms with Gasteiger partial charge in [-0.3, -0.25) is 38.1 Å². The molecule has 61 heavy (non-hydrogen) atoms. The summed E-state index contributed by atoms with van der Waals surface area (Å²) >= 11 is 24.2. The normalized spacial score (nSPS) is 11.6. The number of carbonyl (C=O) groups is 7. The van der Waals surface area contributed by atoms with E-state index in [4.69, 9.17) is 37.7 Å². The van der Waals surface area contributed by atoms with Crippen molar-refractivity contribution in [1.29, 1.82) is 0 Å². The highest BCUT2D eigenvalue weighted by Crippen LogP contribution is 2.27. The fraction of sp³-hybridized carbons (Fsp3) is 0.750. The minimum atomic E-state index is -4.10. The summed E-state index contributed by atoms with van der Waals surface area (Å²) in [6.45, 7) is 4.91. The first-order chi connectivity index (χ1) is 28.5. The zero-order valence-corrected chi connectivity index (χ0v) is 40.8. The molecule has 0 aromatic carbocycles. The standard InChI is InChI=1S/C28H46O13S6.C8H15NO4S/c29-21(1-7-42)36-15-27(16-37-22(30)2-8-43,17-38-23(31)3-9-44)13-35-14-28(18-39-24(32)4-10-45,19-40-25(33)5-11-46)20-41-26(34)6-12-47;1-6(2)7(10)9-8(3,4)5-14(11,12)13/h42-47H,1-20H2;1,5H2,2-4H3,(H,9,10)(H,11,12,13). The van der Waals surface area contributed by atoms with Gasteiger partial charge in [0.1, 0.15) is 39.6 Å². The molecule has 0 aromatic rings. The molecular weight excluding hydrogens is 943 g/mol. The lowest BCUT2D eigenvalue weighted by Crippen LogP contribution is -2.48. The van der Waals surface area contributed by atoms with Gasteiger partial charge in [0.15, 0.2) is 0 Å². The highest BCUT2D eigenvalue weighted by Gasteiger charge is 2.41. The number of esters is 6. The predicted octanol–water partition coefficient (Wildman–Crippen LogP) is 2.50. The average molecular weight is 1000 g/mol. The van der Waals surface area contributed by atoms with Gasteiger partial charge in [-0.15, -0.1) is 0 Å². The maximum Gasteiger partial charge on any atom is 0.306 e. The minimum Gasteiger partial charge on any atom is -0.465 e. The molecule has 0 aliphatic heterocycles. The highest BCUT2D eigenvalue weighted by atomic mass is 32.2. The van der Waals surface area contributed by atoms with Crippen molar-refractivity contribution in [2.45, 2.75) is 64.8 Å². The Kier molecular flexibility index (Phi) is 33.5. The van der Waals surface area contributed by atoms with Gasteiger partial charge in [-0.2, -0.15) is 84.2 Å². The molecule has 1 amide bonds. The number of nitrogens with one attached hydrogen (secondary N) is 1. The Morgan fingerprint density at radius 3 is 0.918 bits per heavy atom. The van der Waals surface area contributed by atoms with E-state index in [9.17, 15) is 42.0 Å². The summed E-state index contributed by atoms with van der Waals surface area (Å²) in [5.74, 6) is -3.33. The van der Waals surface area contributed by atoms with Gasteiger partial charge in [-0.05, 0) is 20.8 Å². The van der Waals surface area contributed by atoms with Crippen LogP contribution in [0.4, 0.5) is 0 Å². The van der Waals surface area contributed by atoms with Crippen LogP contribution in [0.25, 0.3) is 0 Å². The smallest absolute Gasteiger partial charge is 0.306 e. The summed E-state index contributed by atoms with van der Waals surface area (Å²) in [6, 6.07) is 0. The molecule has 0 atom stereocenters. The van der Waals surface area contributed by atoms with Crippen molar-refractivity contribution in [3.05, 3.63) is 12.2 Å². The Morgan fingerprint density at radius 2 is 0.738 bits per heavy atom. The van der Waals surface area contributed by atoms with Gasteiger partial charge in [0.2, 0.25) is 5.91 Å². The molecule has 0 bridgehead atoms. The largest absolute Gasteiger partial charge is 0.465 e. The average Bonchev–Trinajstić information content (AvgIpc) is 3.15. The van der Waals surface area contributed by atoms with Crippen LogP contribution in [0.2, 0.25) is 0 Å². The first kappa shape index (κ1) is 61.1. The van der Waals surface area contributed by atoms with Crippen molar-refractivity contribution in [2.24, 2.45) is 10.8 Å². The van der Waals surface area contributed by atoms with Crippen LogP contribution in [0.3, 0.4) is 0 Å². The van der Waals surface area contributed by atoms with Crippen LogP contribution in [-0.4, -0.2) is 153 Å². The second kappa shape index (κ2) is 33.5. The van der Waals surface area contributed by atoms with E-state index in [-0.39, 0.29) is 131 Å². The van der Waals surface area contributed by atoms with E-state index in [2.05, 4.69) is 87.7 Å². The summed E-state index contributed by atoms with van der Waals surface area (Å²) in [5.41, 5.74) is -3.55. The Bertz CT molecular complexity index is 1330. The lowest BCUT2D eigenvalue weighted by molar-refractivity contribution is -0.174. The van der Waals surface area contributed by atoms with Crippen molar-refractivity contribution >= 4 is 128 Å². The third kappa shape index (κ3) is 32.3. The zero-order valence-electron chi connectivity index (χ0n) is 34.6. The van der Waals surface area contributed by atoms with Crippen molar-refractivity contribution in [2.75, 3.05) is 93.1 Å². The molecule has 0 aromatic heterocycles. The van der Waals surface area contributed by atoms with Gasteiger partial charge in [0.25, 0.3) is 10.1 Å². The summed E-state index contributed by atoms with van der Waals surface area (Å²) < 4.78 is 68.4. The van der Waals surface area contributed by atoms with Crippen LogP contribution in [-0.2, 0) is 76.8 Å². The van der Waals surface area contributed by atoms with Crippen LogP contribution in [0.15, 0.2) is 12.2 Å². The zero-order chi connectivity index (χ0) is 47.1. The first-order valence-corrected chi connectivity index (χ1v) is 24.0. The van der Waals surface area contributed by atoms with Gasteiger partial charge in [-0.25, -0.2) is 0 Å². The molecule has 0 radical (unpaired) electrons. The van der Waals surface area contributed by atoms with E-state index >= 15 is 0 Å². The number of thiol groups is 6. The van der Waals surface area contributed by atoms with Gasteiger partial charge in [0.05, 0.1) is 73.9 Å². The van der Waals surface area contributed by atoms with Crippen LogP contribution in [0.5, 0.6) is 0 Å². The summed E-state index contributed by atoms with van der Waals surface area (Å²) in [7, 11) is -4.10. The molecule has 0 fully saturated rings.